The van der Waals surface area contributed by atoms with Gasteiger partial charge in [-0.3, -0.25) is 4.79 Å². The first-order chi connectivity index (χ1) is 18.3. The second kappa shape index (κ2) is 10.5. The number of carbonyl (C=O) groups is 1. The first-order valence-electron chi connectivity index (χ1n) is 12.0. The molecule has 1 saturated heterocycles. The molecule has 0 radical (unpaired) electrons. The van der Waals surface area contributed by atoms with E-state index in [1.807, 2.05) is 28.9 Å². The van der Waals surface area contributed by atoms with Crippen LogP contribution in [0.1, 0.15) is 24.4 Å². The normalized spacial score (nSPS) is 16.0. The van der Waals surface area contributed by atoms with Crippen molar-refractivity contribution in [2.75, 3.05) is 18.8 Å². The molecule has 0 spiro atoms. The maximum Gasteiger partial charge on any atom is 0.246 e. The Labute approximate surface area is 225 Å². The molecule has 38 heavy (non-hydrogen) atoms. The van der Waals surface area contributed by atoms with Crippen molar-refractivity contribution in [3.63, 3.8) is 0 Å². The minimum absolute atomic E-state index is 0.0295. The maximum absolute atomic E-state index is 12.7. The summed E-state index contributed by atoms with van der Waals surface area (Å²) in [7, 11) is -3.77. The van der Waals surface area contributed by atoms with E-state index < -0.39 is 10.0 Å². The quantitative estimate of drug-likeness (QED) is 0.335. The number of likely N-dealkylation sites (tertiary alicyclic amines) is 1. The number of fused-ring (bicyclic) bond motifs is 1. The molecule has 1 aliphatic heterocycles. The zero-order valence-corrected chi connectivity index (χ0v) is 22.0. The third-order valence-electron chi connectivity index (χ3n) is 6.57. The summed E-state index contributed by atoms with van der Waals surface area (Å²) in [4.78, 5) is 22.6. The number of hydrogen-bond acceptors (Lipinski definition) is 7. The smallest absolute Gasteiger partial charge is 0.246 e. The summed E-state index contributed by atoms with van der Waals surface area (Å²) in [6.45, 7) is 4.85. The van der Waals surface area contributed by atoms with E-state index in [4.69, 9.17) is 22.4 Å². The summed E-state index contributed by atoms with van der Waals surface area (Å²) in [6, 6.07) is 13.6. The Hall–Kier alpha value is -3.80. The molecular formula is C26H26ClN7O3S. The average molecular weight is 552 g/mol. The maximum atomic E-state index is 12.7. The van der Waals surface area contributed by atoms with Crippen LogP contribution in [0.25, 0.3) is 22.3 Å². The minimum Gasteiger partial charge on any atom is -0.383 e. The molecule has 3 N–H and O–H groups in total. The Kier molecular flexibility index (Phi) is 7.15. The Balaban J connectivity index is 1.42. The van der Waals surface area contributed by atoms with Crippen LogP contribution in [0.3, 0.4) is 0 Å². The van der Waals surface area contributed by atoms with Crippen LogP contribution in [0, 0.1) is 0 Å². The predicted molar refractivity (Wildman–Crippen MR) is 146 cm³/mol. The van der Waals surface area contributed by atoms with E-state index in [0.717, 1.165) is 24.0 Å². The van der Waals surface area contributed by atoms with Gasteiger partial charge in [-0.25, -0.2) is 27.8 Å². The molecule has 5 rings (SSSR count). The summed E-state index contributed by atoms with van der Waals surface area (Å²) in [5, 5.41) is 5.66. The molecule has 4 aromatic rings. The highest BCUT2D eigenvalue weighted by Crippen LogP contribution is 2.34. The molecule has 0 unspecified atom stereocenters. The fraction of sp³-hybridized carbons (Fsp3) is 0.231. The highest BCUT2D eigenvalue weighted by Gasteiger charge is 2.28. The van der Waals surface area contributed by atoms with Gasteiger partial charge in [0.15, 0.2) is 5.65 Å². The molecule has 196 valence electrons. The molecule has 0 aliphatic carbocycles. The number of anilines is 1. The van der Waals surface area contributed by atoms with Gasteiger partial charge in [0.2, 0.25) is 15.9 Å². The second-order valence-electron chi connectivity index (χ2n) is 8.99. The largest absolute Gasteiger partial charge is 0.383 e. The van der Waals surface area contributed by atoms with Crippen LogP contribution < -0.4 is 10.5 Å². The van der Waals surface area contributed by atoms with Crippen molar-refractivity contribution in [3.05, 3.63) is 78.1 Å². The molecule has 1 atom stereocenters. The molecule has 10 nitrogen and oxygen atoms in total. The lowest BCUT2D eigenvalue weighted by atomic mass is 10.1. The van der Waals surface area contributed by atoms with Crippen LogP contribution in [-0.4, -0.2) is 52.1 Å². The highest BCUT2D eigenvalue weighted by atomic mass is 35.5. The molecule has 2 aromatic heterocycles. The van der Waals surface area contributed by atoms with Crippen LogP contribution >= 0.6 is 11.6 Å². The van der Waals surface area contributed by atoms with Crippen LogP contribution in [0.15, 0.2) is 72.4 Å². The van der Waals surface area contributed by atoms with Gasteiger partial charge in [-0.15, -0.1) is 0 Å². The van der Waals surface area contributed by atoms with Crippen molar-refractivity contribution >= 4 is 44.4 Å². The van der Waals surface area contributed by atoms with Crippen molar-refractivity contribution < 1.29 is 13.2 Å². The molecule has 1 fully saturated rings. The van der Waals surface area contributed by atoms with E-state index >= 15 is 0 Å². The number of sulfonamides is 1. The predicted octanol–water partition coefficient (Wildman–Crippen LogP) is 3.56. The summed E-state index contributed by atoms with van der Waals surface area (Å²) in [5.74, 6) is 0.198. The van der Waals surface area contributed by atoms with E-state index in [1.54, 1.807) is 17.0 Å². The van der Waals surface area contributed by atoms with E-state index in [0.29, 0.717) is 35.6 Å². The first-order valence-corrected chi connectivity index (χ1v) is 13.9. The number of carbonyl (C=O) groups excluding carboxylic acids is 1. The number of benzene rings is 2. The third-order valence-corrected chi connectivity index (χ3v) is 8.47. The van der Waals surface area contributed by atoms with Crippen LogP contribution in [0.2, 0.25) is 5.02 Å². The van der Waals surface area contributed by atoms with Gasteiger partial charge in [0.1, 0.15) is 22.7 Å². The Morgan fingerprint density at radius 1 is 1.18 bits per heavy atom. The number of amides is 1. The van der Waals surface area contributed by atoms with Gasteiger partial charge in [0.25, 0.3) is 0 Å². The molecule has 12 heteroatoms. The number of rotatable bonds is 7. The summed E-state index contributed by atoms with van der Waals surface area (Å²) in [6.07, 6.45) is 4.40. The van der Waals surface area contributed by atoms with Gasteiger partial charge < -0.3 is 10.6 Å². The van der Waals surface area contributed by atoms with Crippen LogP contribution in [-0.2, 0) is 21.4 Å². The fourth-order valence-electron chi connectivity index (χ4n) is 4.63. The van der Waals surface area contributed by atoms with Gasteiger partial charge >= 0.3 is 0 Å². The zero-order chi connectivity index (χ0) is 26.9. The van der Waals surface area contributed by atoms with E-state index in [9.17, 15) is 13.2 Å². The number of nitrogens with two attached hydrogens (primary N) is 1. The van der Waals surface area contributed by atoms with Gasteiger partial charge in [-0.2, -0.15) is 5.10 Å². The molecule has 0 saturated carbocycles. The van der Waals surface area contributed by atoms with Crippen molar-refractivity contribution in [3.8, 4) is 11.3 Å². The van der Waals surface area contributed by atoms with Gasteiger partial charge in [-0.05, 0) is 36.6 Å². The number of halogens is 1. The lowest BCUT2D eigenvalue weighted by Gasteiger charge is -2.32. The molecule has 0 bridgehead atoms. The van der Waals surface area contributed by atoms with Gasteiger partial charge in [-0.1, -0.05) is 54.6 Å². The van der Waals surface area contributed by atoms with Crippen molar-refractivity contribution in [2.24, 2.45) is 0 Å². The zero-order valence-electron chi connectivity index (χ0n) is 20.4. The van der Waals surface area contributed by atoms with Crippen LogP contribution in [0.5, 0.6) is 0 Å². The summed E-state index contributed by atoms with van der Waals surface area (Å²) >= 11 is 6.06. The number of nitrogens with zero attached hydrogens (tertiary/aromatic N) is 5. The summed E-state index contributed by atoms with van der Waals surface area (Å²) < 4.78 is 29.8. The molecule has 2 aromatic carbocycles. The molecule has 1 aliphatic rings. The van der Waals surface area contributed by atoms with E-state index in [-0.39, 0.29) is 28.4 Å². The number of hydrogen-bond donors (Lipinski definition) is 2. The monoisotopic (exact) mass is 551 g/mol. The third kappa shape index (κ3) is 5.00. The van der Waals surface area contributed by atoms with E-state index in [1.165, 1.54) is 24.5 Å². The van der Waals surface area contributed by atoms with Crippen molar-refractivity contribution in [1.82, 2.24) is 29.4 Å². The van der Waals surface area contributed by atoms with Gasteiger partial charge in [0.05, 0.1) is 16.5 Å². The highest BCUT2D eigenvalue weighted by molar-refractivity contribution is 7.89. The first kappa shape index (κ1) is 25.8. The molecule has 3 heterocycles. The number of nitrogens with one attached hydrogen (secondary N) is 1. The van der Waals surface area contributed by atoms with E-state index in [2.05, 4.69) is 21.3 Å². The Morgan fingerprint density at radius 2 is 1.95 bits per heavy atom. The van der Waals surface area contributed by atoms with Crippen molar-refractivity contribution in [1.29, 1.82) is 0 Å². The summed E-state index contributed by atoms with van der Waals surface area (Å²) in [5.41, 5.74) is 9.01. The Morgan fingerprint density at radius 3 is 2.68 bits per heavy atom. The minimum atomic E-state index is -3.77. The number of piperidine rings is 1. The van der Waals surface area contributed by atoms with Gasteiger partial charge in [0, 0.05) is 25.2 Å². The standard InChI is InChI=1S/C26H26ClN7O3S/c1-2-22(35)33-13-5-6-19(15-33)34-26-23(25(28)29-16-30-26)24(32-34)18-11-9-17(10-12-18)14-31-38(36,37)21-8-4-3-7-20(21)27/h2-4,7-12,16,19,31H,1,5-6,13-15H2,(H2,28,29,30)/t19-/m1/s1. The SMILES string of the molecule is C=CC(=O)N1CCC[C@@H](n2nc(-c3ccc(CNS(=O)(=O)c4ccccc4Cl)cc3)c3c(N)ncnc32)C1. The molecule has 1 amide bonds. The lowest BCUT2D eigenvalue weighted by molar-refractivity contribution is -0.127. The Bertz CT molecular complexity index is 1620. The number of nitrogen functional groups attached to an aromatic ring is 1. The number of aromatic nitrogens is 4. The molecular weight excluding hydrogens is 526 g/mol. The topological polar surface area (TPSA) is 136 Å². The average Bonchev–Trinajstić information content (AvgIpc) is 3.33. The van der Waals surface area contributed by atoms with Crippen molar-refractivity contribution in [2.45, 2.75) is 30.3 Å². The fourth-order valence-corrected chi connectivity index (χ4v) is 6.17. The second-order valence-corrected chi connectivity index (χ2v) is 11.1. The lowest BCUT2D eigenvalue weighted by Crippen LogP contribution is -2.40. The van der Waals surface area contributed by atoms with Crippen LogP contribution in [0.4, 0.5) is 5.82 Å².